The van der Waals surface area contributed by atoms with E-state index in [4.69, 9.17) is 5.11 Å². The second-order valence-corrected chi connectivity index (χ2v) is 5.82. The Morgan fingerprint density at radius 3 is 2.61 bits per heavy atom. The molecule has 2 N–H and O–H groups in total. The van der Waals surface area contributed by atoms with Gasteiger partial charge >= 0.3 is 12.0 Å². The smallest absolute Gasteiger partial charge is 0.326 e. The number of carbonyl (C=O) groups excluding carboxylic acids is 1. The number of amides is 2. The Hall–Kier alpha value is -1.26. The molecule has 0 aliphatic carbocycles. The third kappa shape index (κ3) is 4.20. The van der Waals surface area contributed by atoms with Gasteiger partial charge in [0.05, 0.1) is 0 Å². The zero-order valence-corrected chi connectivity index (χ0v) is 11.5. The molecule has 0 radical (unpaired) electrons. The number of rotatable bonds is 4. The number of nitrogens with zero attached hydrogens (tertiary/aromatic N) is 1. The van der Waals surface area contributed by atoms with Crippen molar-refractivity contribution in [2.24, 2.45) is 5.41 Å². The third-order valence-corrected chi connectivity index (χ3v) is 3.36. The second-order valence-electron chi connectivity index (χ2n) is 5.82. The molecule has 1 atom stereocenters. The Bertz CT molecular complexity index is 315. The second kappa shape index (κ2) is 6.07. The number of carbonyl (C=O) groups is 2. The standard InChI is InChI=1S/C13H24N2O3/c1-4-6-10(11(16)17)14-12(18)15-8-5-7-13(2,3)9-15/h10H,4-9H2,1-3H3,(H,14,18)(H,16,17)/t10-/m1/s1. The normalized spacial score (nSPS) is 20.3. The Kier molecular flexibility index (Phi) is 4.99. The van der Waals surface area contributed by atoms with Gasteiger partial charge in [0.2, 0.25) is 0 Å². The SMILES string of the molecule is CCC[C@@H](NC(=O)N1CCCC(C)(C)C1)C(=O)O. The zero-order valence-electron chi connectivity index (χ0n) is 11.5. The summed E-state index contributed by atoms with van der Waals surface area (Å²) in [4.78, 5) is 24.8. The van der Waals surface area contributed by atoms with E-state index in [1.54, 1.807) is 4.90 Å². The van der Waals surface area contributed by atoms with Gasteiger partial charge in [0, 0.05) is 13.1 Å². The Morgan fingerprint density at radius 1 is 1.44 bits per heavy atom. The van der Waals surface area contributed by atoms with Gasteiger partial charge in [-0.05, 0) is 24.7 Å². The third-order valence-electron chi connectivity index (χ3n) is 3.36. The molecule has 18 heavy (non-hydrogen) atoms. The van der Waals surface area contributed by atoms with Crippen LogP contribution in [0.25, 0.3) is 0 Å². The molecule has 0 aromatic heterocycles. The molecule has 1 heterocycles. The van der Waals surface area contributed by atoms with Crippen molar-refractivity contribution >= 4 is 12.0 Å². The molecule has 1 aliphatic heterocycles. The summed E-state index contributed by atoms with van der Waals surface area (Å²) in [5, 5.41) is 11.6. The number of urea groups is 1. The number of piperidine rings is 1. The highest BCUT2D eigenvalue weighted by Gasteiger charge is 2.30. The van der Waals surface area contributed by atoms with Crippen molar-refractivity contribution in [1.29, 1.82) is 0 Å². The molecular formula is C13H24N2O3. The lowest BCUT2D eigenvalue weighted by Gasteiger charge is -2.38. The predicted molar refractivity (Wildman–Crippen MR) is 69.5 cm³/mol. The van der Waals surface area contributed by atoms with Crippen LogP contribution in [0.2, 0.25) is 0 Å². The van der Waals surface area contributed by atoms with Crippen LogP contribution in [0.1, 0.15) is 46.5 Å². The summed E-state index contributed by atoms with van der Waals surface area (Å²) in [5.74, 6) is -0.957. The molecule has 0 unspecified atom stereocenters. The minimum absolute atomic E-state index is 0.124. The zero-order chi connectivity index (χ0) is 13.8. The van der Waals surface area contributed by atoms with E-state index in [0.29, 0.717) is 19.5 Å². The molecule has 1 aliphatic rings. The Morgan fingerprint density at radius 2 is 2.11 bits per heavy atom. The fourth-order valence-electron chi connectivity index (χ4n) is 2.38. The Balaban J connectivity index is 2.55. The summed E-state index contributed by atoms with van der Waals surface area (Å²) in [6, 6.07) is -1.02. The van der Waals surface area contributed by atoms with E-state index in [1.807, 2.05) is 6.92 Å². The van der Waals surface area contributed by atoms with Gasteiger partial charge in [-0.25, -0.2) is 9.59 Å². The molecular weight excluding hydrogens is 232 g/mol. The highest BCUT2D eigenvalue weighted by Crippen LogP contribution is 2.28. The van der Waals surface area contributed by atoms with Gasteiger partial charge in [0.15, 0.2) is 0 Å². The maximum atomic E-state index is 12.0. The largest absolute Gasteiger partial charge is 0.480 e. The van der Waals surface area contributed by atoms with E-state index in [1.165, 1.54) is 0 Å². The first kappa shape index (κ1) is 14.8. The molecule has 0 aromatic carbocycles. The highest BCUT2D eigenvalue weighted by atomic mass is 16.4. The van der Waals surface area contributed by atoms with E-state index >= 15 is 0 Å². The van der Waals surface area contributed by atoms with Crippen LogP contribution in [0, 0.1) is 5.41 Å². The van der Waals surface area contributed by atoms with Crippen LogP contribution in [0.3, 0.4) is 0 Å². The number of likely N-dealkylation sites (tertiary alicyclic amines) is 1. The van der Waals surface area contributed by atoms with E-state index in [-0.39, 0.29) is 11.4 Å². The fraction of sp³-hybridized carbons (Fsp3) is 0.846. The van der Waals surface area contributed by atoms with Gasteiger partial charge in [0.1, 0.15) is 6.04 Å². The first-order valence-electron chi connectivity index (χ1n) is 6.64. The van der Waals surface area contributed by atoms with Crippen molar-refractivity contribution in [2.45, 2.75) is 52.5 Å². The van der Waals surface area contributed by atoms with Crippen LogP contribution in [-0.2, 0) is 4.79 Å². The molecule has 0 bridgehead atoms. The van der Waals surface area contributed by atoms with Gasteiger partial charge < -0.3 is 15.3 Å². The average molecular weight is 256 g/mol. The van der Waals surface area contributed by atoms with E-state index in [0.717, 1.165) is 19.3 Å². The topological polar surface area (TPSA) is 69.6 Å². The molecule has 0 spiro atoms. The predicted octanol–water partition coefficient (Wildman–Crippen LogP) is 2.07. The minimum Gasteiger partial charge on any atom is -0.480 e. The molecule has 1 saturated heterocycles. The lowest BCUT2D eigenvalue weighted by molar-refractivity contribution is -0.139. The summed E-state index contributed by atoms with van der Waals surface area (Å²) in [5.41, 5.74) is 0.124. The van der Waals surface area contributed by atoms with Crippen LogP contribution in [0.4, 0.5) is 4.79 Å². The number of aliphatic carboxylic acids is 1. The van der Waals surface area contributed by atoms with E-state index in [2.05, 4.69) is 19.2 Å². The van der Waals surface area contributed by atoms with Gasteiger partial charge in [0.25, 0.3) is 0 Å². The number of carboxylic acids is 1. The minimum atomic E-state index is -0.957. The summed E-state index contributed by atoms with van der Waals surface area (Å²) < 4.78 is 0. The van der Waals surface area contributed by atoms with E-state index < -0.39 is 12.0 Å². The summed E-state index contributed by atoms with van der Waals surface area (Å²) in [6.45, 7) is 7.58. The van der Waals surface area contributed by atoms with Gasteiger partial charge in [-0.2, -0.15) is 0 Å². The van der Waals surface area contributed by atoms with Gasteiger partial charge in [-0.3, -0.25) is 0 Å². The summed E-state index contributed by atoms with van der Waals surface area (Å²) in [7, 11) is 0. The summed E-state index contributed by atoms with van der Waals surface area (Å²) >= 11 is 0. The monoisotopic (exact) mass is 256 g/mol. The number of nitrogens with one attached hydrogen (secondary N) is 1. The molecule has 1 fully saturated rings. The summed E-state index contributed by atoms with van der Waals surface area (Å²) in [6.07, 6.45) is 3.29. The number of hydrogen-bond acceptors (Lipinski definition) is 2. The lowest BCUT2D eigenvalue weighted by atomic mass is 9.84. The molecule has 0 saturated carbocycles. The van der Waals surface area contributed by atoms with Crippen LogP contribution in [0.5, 0.6) is 0 Å². The van der Waals surface area contributed by atoms with Crippen molar-refractivity contribution in [3.05, 3.63) is 0 Å². The van der Waals surface area contributed by atoms with Gasteiger partial charge in [-0.1, -0.05) is 27.2 Å². The number of hydrogen-bond donors (Lipinski definition) is 2. The number of carboxylic acid groups (broad SMARTS) is 1. The van der Waals surface area contributed by atoms with Crippen LogP contribution < -0.4 is 5.32 Å². The van der Waals surface area contributed by atoms with Crippen LogP contribution in [-0.4, -0.2) is 41.1 Å². The van der Waals surface area contributed by atoms with Crippen molar-refractivity contribution < 1.29 is 14.7 Å². The average Bonchev–Trinajstić information content (AvgIpc) is 2.26. The molecule has 5 nitrogen and oxygen atoms in total. The fourth-order valence-corrected chi connectivity index (χ4v) is 2.38. The molecule has 5 heteroatoms. The van der Waals surface area contributed by atoms with Crippen molar-refractivity contribution in [1.82, 2.24) is 10.2 Å². The van der Waals surface area contributed by atoms with Crippen molar-refractivity contribution in [3.8, 4) is 0 Å². The van der Waals surface area contributed by atoms with Crippen LogP contribution >= 0.6 is 0 Å². The van der Waals surface area contributed by atoms with Crippen molar-refractivity contribution in [3.63, 3.8) is 0 Å². The quantitative estimate of drug-likeness (QED) is 0.809. The maximum Gasteiger partial charge on any atom is 0.326 e. The Labute approximate surface area is 109 Å². The maximum absolute atomic E-state index is 12.0. The highest BCUT2D eigenvalue weighted by molar-refractivity contribution is 5.82. The lowest BCUT2D eigenvalue weighted by Crippen LogP contribution is -2.52. The van der Waals surface area contributed by atoms with Gasteiger partial charge in [-0.15, -0.1) is 0 Å². The van der Waals surface area contributed by atoms with Crippen LogP contribution in [0.15, 0.2) is 0 Å². The molecule has 1 rings (SSSR count). The molecule has 0 aromatic rings. The molecule has 104 valence electrons. The first-order chi connectivity index (χ1) is 8.35. The van der Waals surface area contributed by atoms with E-state index in [9.17, 15) is 9.59 Å². The van der Waals surface area contributed by atoms with Crippen molar-refractivity contribution in [2.75, 3.05) is 13.1 Å². The molecule has 2 amide bonds. The first-order valence-corrected chi connectivity index (χ1v) is 6.64.